The van der Waals surface area contributed by atoms with Gasteiger partial charge in [-0.3, -0.25) is 4.79 Å². The van der Waals surface area contributed by atoms with Crippen LogP contribution in [0.1, 0.15) is 11.6 Å². The minimum Gasteiger partial charge on any atom is -0.495 e. The van der Waals surface area contributed by atoms with Crippen LogP contribution in [-0.4, -0.2) is 27.1 Å². The number of halogens is 2. The van der Waals surface area contributed by atoms with E-state index in [-0.39, 0.29) is 5.91 Å². The molecule has 0 radical (unpaired) electrons. The Morgan fingerprint density at radius 1 is 1.29 bits per heavy atom. The Bertz CT molecular complexity index is 424. The van der Waals surface area contributed by atoms with Crippen LogP contribution >= 0.6 is 23.2 Å². The summed E-state index contributed by atoms with van der Waals surface area (Å²) in [6, 6.07) is 2.67. The van der Waals surface area contributed by atoms with E-state index in [4.69, 9.17) is 27.9 Å². The smallest absolute Gasteiger partial charge is 0.241 e. The van der Waals surface area contributed by atoms with E-state index in [9.17, 15) is 4.79 Å². The second kappa shape index (κ2) is 6.10. The highest BCUT2D eigenvalue weighted by molar-refractivity contribution is 6.35. The molecule has 1 aromatic rings. The number of methoxy groups -OCH3 is 1. The molecule has 6 heteroatoms. The molecule has 1 aromatic carbocycles. The quantitative estimate of drug-likeness (QED) is 0.885. The van der Waals surface area contributed by atoms with E-state index in [0.717, 1.165) is 0 Å². The Morgan fingerprint density at radius 2 is 1.94 bits per heavy atom. The Kier molecular flexibility index (Phi) is 5.05. The van der Waals surface area contributed by atoms with E-state index >= 15 is 0 Å². The van der Waals surface area contributed by atoms with Crippen molar-refractivity contribution in [1.82, 2.24) is 10.6 Å². The van der Waals surface area contributed by atoms with Crippen LogP contribution in [-0.2, 0) is 4.79 Å². The summed E-state index contributed by atoms with van der Waals surface area (Å²) in [5.74, 6) is 0.294. The Morgan fingerprint density at radius 3 is 2.41 bits per heavy atom. The number of nitrogens with one attached hydrogen (secondary N) is 2. The zero-order valence-corrected chi connectivity index (χ0v) is 11.3. The fraction of sp³-hybridized carbons (Fsp3) is 0.364. The number of hydrogen-bond donors (Lipinski definition) is 2. The first-order valence-corrected chi connectivity index (χ1v) is 5.72. The summed E-state index contributed by atoms with van der Waals surface area (Å²) in [5, 5.41) is 6.27. The SMILES string of the molecule is CNC(=O)C(NC)c1cc(Cl)c(OC)cc1Cl. The van der Waals surface area contributed by atoms with Gasteiger partial charge in [-0.25, -0.2) is 0 Å². The van der Waals surface area contributed by atoms with Crippen molar-refractivity contribution in [2.24, 2.45) is 0 Å². The van der Waals surface area contributed by atoms with Crippen molar-refractivity contribution in [3.05, 3.63) is 27.7 Å². The molecule has 1 amide bonds. The molecule has 0 aliphatic carbocycles. The van der Waals surface area contributed by atoms with Crippen LogP contribution in [0.15, 0.2) is 12.1 Å². The molecule has 0 fully saturated rings. The normalized spacial score (nSPS) is 12.1. The van der Waals surface area contributed by atoms with E-state index in [2.05, 4.69) is 10.6 Å². The minimum absolute atomic E-state index is 0.185. The number of hydrogen-bond acceptors (Lipinski definition) is 3. The van der Waals surface area contributed by atoms with Gasteiger partial charge >= 0.3 is 0 Å². The molecule has 0 aliphatic heterocycles. The maximum absolute atomic E-state index is 11.7. The van der Waals surface area contributed by atoms with Crippen LogP contribution in [0.25, 0.3) is 0 Å². The number of likely N-dealkylation sites (N-methyl/N-ethyl adjacent to an activating group) is 2. The topological polar surface area (TPSA) is 50.4 Å². The molecular formula is C11H14Cl2N2O2. The first-order valence-electron chi connectivity index (χ1n) is 4.97. The van der Waals surface area contributed by atoms with Crippen LogP contribution in [0, 0.1) is 0 Å². The zero-order chi connectivity index (χ0) is 13.0. The van der Waals surface area contributed by atoms with Crippen molar-refractivity contribution >= 4 is 29.1 Å². The Balaban J connectivity index is 3.21. The van der Waals surface area contributed by atoms with Gasteiger partial charge in [-0.15, -0.1) is 0 Å². The summed E-state index contributed by atoms with van der Waals surface area (Å²) in [5.41, 5.74) is 0.610. The van der Waals surface area contributed by atoms with Crippen molar-refractivity contribution in [2.45, 2.75) is 6.04 Å². The predicted octanol–water partition coefficient (Wildman–Crippen LogP) is 2.01. The van der Waals surface area contributed by atoms with Gasteiger partial charge in [0.05, 0.1) is 12.1 Å². The van der Waals surface area contributed by atoms with Crippen LogP contribution in [0.2, 0.25) is 10.0 Å². The average molecular weight is 277 g/mol. The van der Waals surface area contributed by atoms with Crippen molar-refractivity contribution < 1.29 is 9.53 Å². The van der Waals surface area contributed by atoms with Gasteiger partial charge in [-0.05, 0) is 18.7 Å². The van der Waals surface area contributed by atoms with E-state index < -0.39 is 6.04 Å². The van der Waals surface area contributed by atoms with E-state index in [1.54, 1.807) is 26.2 Å². The fourth-order valence-corrected chi connectivity index (χ4v) is 2.01. The Labute approximate surface area is 110 Å². The highest BCUT2D eigenvalue weighted by atomic mass is 35.5. The molecule has 1 unspecified atom stereocenters. The standard InChI is InChI=1S/C11H14Cl2N2O2/c1-14-10(11(16)15-2)6-4-8(13)9(17-3)5-7(6)12/h4-5,10,14H,1-3H3,(H,15,16). The summed E-state index contributed by atoms with van der Waals surface area (Å²) in [4.78, 5) is 11.7. The molecule has 94 valence electrons. The third-order valence-corrected chi connectivity index (χ3v) is 3.00. The first kappa shape index (κ1) is 14.1. The third-order valence-electron chi connectivity index (χ3n) is 2.38. The van der Waals surface area contributed by atoms with E-state index in [1.165, 1.54) is 7.11 Å². The van der Waals surface area contributed by atoms with E-state index in [1.807, 2.05) is 0 Å². The maximum Gasteiger partial charge on any atom is 0.241 e. The monoisotopic (exact) mass is 276 g/mol. The van der Waals surface area contributed by atoms with Gasteiger partial charge in [0.15, 0.2) is 0 Å². The van der Waals surface area contributed by atoms with Gasteiger partial charge in [-0.1, -0.05) is 23.2 Å². The number of carbonyl (C=O) groups excluding carboxylic acids is 1. The Hall–Kier alpha value is -0.970. The van der Waals surface area contributed by atoms with Gasteiger partial charge in [0.2, 0.25) is 5.91 Å². The fourth-order valence-electron chi connectivity index (χ4n) is 1.49. The molecule has 0 aliphatic rings. The number of ether oxygens (including phenoxy) is 1. The lowest BCUT2D eigenvalue weighted by molar-refractivity contribution is -0.122. The molecule has 0 heterocycles. The van der Waals surface area contributed by atoms with E-state index in [0.29, 0.717) is 21.4 Å². The number of carbonyl (C=O) groups is 1. The lowest BCUT2D eigenvalue weighted by Gasteiger charge is -2.17. The number of benzene rings is 1. The summed E-state index contributed by atoms with van der Waals surface area (Å²) in [6.45, 7) is 0. The zero-order valence-electron chi connectivity index (χ0n) is 9.80. The summed E-state index contributed by atoms with van der Waals surface area (Å²) < 4.78 is 5.04. The molecule has 0 saturated heterocycles. The van der Waals surface area contributed by atoms with Crippen LogP contribution in [0.3, 0.4) is 0 Å². The second-order valence-corrected chi connectivity index (χ2v) is 4.16. The molecule has 0 bridgehead atoms. The average Bonchev–Trinajstić information content (AvgIpc) is 2.33. The highest BCUT2D eigenvalue weighted by Gasteiger charge is 2.21. The molecular weight excluding hydrogens is 263 g/mol. The summed E-state index contributed by atoms with van der Waals surface area (Å²) in [6.07, 6.45) is 0. The van der Waals surface area contributed by atoms with Gasteiger partial charge in [-0.2, -0.15) is 0 Å². The summed E-state index contributed by atoms with van der Waals surface area (Å²) in [7, 11) is 4.74. The van der Waals surface area contributed by atoms with Crippen molar-refractivity contribution in [1.29, 1.82) is 0 Å². The minimum atomic E-state index is -0.545. The number of amides is 1. The molecule has 4 nitrogen and oxygen atoms in total. The van der Waals surface area contributed by atoms with Crippen LogP contribution in [0.4, 0.5) is 0 Å². The van der Waals surface area contributed by atoms with Crippen molar-refractivity contribution in [3.63, 3.8) is 0 Å². The largest absolute Gasteiger partial charge is 0.495 e. The lowest BCUT2D eigenvalue weighted by Crippen LogP contribution is -2.33. The molecule has 1 atom stereocenters. The predicted molar refractivity (Wildman–Crippen MR) is 68.9 cm³/mol. The maximum atomic E-state index is 11.7. The van der Waals surface area contributed by atoms with Crippen molar-refractivity contribution in [3.8, 4) is 5.75 Å². The van der Waals surface area contributed by atoms with Gasteiger partial charge < -0.3 is 15.4 Å². The molecule has 2 N–H and O–H groups in total. The first-order chi connectivity index (χ1) is 8.04. The summed E-state index contributed by atoms with van der Waals surface area (Å²) >= 11 is 12.1. The molecule has 1 rings (SSSR count). The van der Waals surface area contributed by atoms with Gasteiger partial charge in [0.25, 0.3) is 0 Å². The van der Waals surface area contributed by atoms with Gasteiger partial charge in [0, 0.05) is 18.1 Å². The van der Waals surface area contributed by atoms with Crippen LogP contribution in [0.5, 0.6) is 5.75 Å². The highest BCUT2D eigenvalue weighted by Crippen LogP contribution is 2.33. The lowest BCUT2D eigenvalue weighted by atomic mass is 10.1. The second-order valence-electron chi connectivity index (χ2n) is 3.34. The molecule has 17 heavy (non-hydrogen) atoms. The molecule has 0 spiro atoms. The van der Waals surface area contributed by atoms with Gasteiger partial charge in [0.1, 0.15) is 11.8 Å². The van der Waals surface area contributed by atoms with Crippen LogP contribution < -0.4 is 15.4 Å². The van der Waals surface area contributed by atoms with Crippen molar-refractivity contribution in [2.75, 3.05) is 21.2 Å². The third kappa shape index (κ3) is 3.03. The number of rotatable bonds is 4. The molecule has 0 aromatic heterocycles. The molecule has 0 saturated carbocycles.